The molecule has 0 saturated carbocycles. The number of hydrogen-bond donors (Lipinski definition) is 2. The van der Waals surface area contributed by atoms with Crippen LogP contribution in [0.15, 0.2) is 12.1 Å². The molecule has 0 aliphatic carbocycles. The third-order valence-electron chi connectivity index (χ3n) is 2.71. The van der Waals surface area contributed by atoms with Crippen LogP contribution in [0.25, 0.3) is 0 Å². The molecule has 96 valence electrons. The Hall–Kier alpha value is -1.01. The average Bonchev–Trinajstić information content (AvgIpc) is 2.27. The Kier molecular flexibility index (Phi) is 5.02. The molecule has 1 rings (SSSR count). The number of aryl methyl sites for hydroxylation is 2. The van der Waals surface area contributed by atoms with Crippen molar-refractivity contribution in [2.75, 3.05) is 14.2 Å². The molecule has 1 aromatic carbocycles. The molecule has 0 saturated heterocycles. The zero-order chi connectivity index (χ0) is 13.0. The van der Waals surface area contributed by atoms with Crippen molar-refractivity contribution in [1.82, 2.24) is 5.43 Å². The molecule has 1 unspecified atom stereocenters. The highest BCUT2D eigenvalue weighted by Gasteiger charge is 2.26. The number of nitrogens with one attached hydrogen (secondary N) is 1. The van der Waals surface area contributed by atoms with Gasteiger partial charge in [-0.15, -0.1) is 0 Å². The Morgan fingerprint density at radius 1 is 1.24 bits per heavy atom. The largest absolute Gasteiger partial charge is 0.354 e. The molecule has 1 atom stereocenters. The highest BCUT2D eigenvalue weighted by Crippen LogP contribution is 2.26. The summed E-state index contributed by atoms with van der Waals surface area (Å²) in [7, 11) is 2.97. The maximum atomic E-state index is 14.0. The molecule has 17 heavy (non-hydrogen) atoms. The lowest BCUT2D eigenvalue weighted by atomic mass is 9.98. The quantitative estimate of drug-likeness (QED) is 0.467. The fourth-order valence-electron chi connectivity index (χ4n) is 1.99. The third kappa shape index (κ3) is 3.01. The second-order valence-electron chi connectivity index (χ2n) is 3.96. The molecule has 0 aliphatic rings. The molecule has 3 N–H and O–H groups in total. The van der Waals surface area contributed by atoms with Gasteiger partial charge in [0.2, 0.25) is 0 Å². The van der Waals surface area contributed by atoms with Crippen LogP contribution in [-0.4, -0.2) is 20.5 Å². The first kappa shape index (κ1) is 14.1. The highest BCUT2D eigenvalue weighted by molar-refractivity contribution is 5.34. The number of halogens is 1. The Labute approximate surface area is 101 Å². The molecule has 0 fully saturated rings. The number of hydrazine groups is 1. The van der Waals surface area contributed by atoms with Crippen LogP contribution in [0, 0.1) is 19.7 Å². The van der Waals surface area contributed by atoms with Crippen molar-refractivity contribution in [2.45, 2.75) is 26.2 Å². The Balaban J connectivity index is 3.20. The molecule has 0 heterocycles. The molecular formula is C12H19FN2O2. The van der Waals surface area contributed by atoms with Crippen LogP contribution in [0.1, 0.15) is 22.7 Å². The molecule has 4 nitrogen and oxygen atoms in total. The summed E-state index contributed by atoms with van der Waals surface area (Å²) >= 11 is 0. The van der Waals surface area contributed by atoms with Crippen LogP contribution in [-0.2, 0) is 9.47 Å². The fraction of sp³-hybridized carbons (Fsp3) is 0.500. The first-order chi connectivity index (χ1) is 8.04. The second-order valence-corrected chi connectivity index (χ2v) is 3.96. The summed E-state index contributed by atoms with van der Waals surface area (Å²) in [4.78, 5) is 0. The first-order valence-electron chi connectivity index (χ1n) is 5.33. The molecule has 0 radical (unpaired) electrons. The minimum absolute atomic E-state index is 0.315. The Bertz CT molecular complexity index is 358. The van der Waals surface area contributed by atoms with Gasteiger partial charge in [-0.25, -0.2) is 9.82 Å². The van der Waals surface area contributed by atoms with Crippen LogP contribution in [0.4, 0.5) is 4.39 Å². The van der Waals surface area contributed by atoms with E-state index < -0.39 is 12.3 Å². The van der Waals surface area contributed by atoms with Gasteiger partial charge in [0.1, 0.15) is 5.82 Å². The monoisotopic (exact) mass is 242 g/mol. The smallest absolute Gasteiger partial charge is 0.177 e. The molecule has 1 aromatic rings. The van der Waals surface area contributed by atoms with Crippen molar-refractivity contribution in [3.8, 4) is 0 Å². The standard InChI is InChI=1S/C12H19FN2O2/c1-7-5-8(2)10(9(13)6-7)11(15-14)12(16-3)17-4/h5-6,11-12,15H,14H2,1-4H3. The minimum Gasteiger partial charge on any atom is -0.354 e. The van der Waals surface area contributed by atoms with E-state index in [1.807, 2.05) is 19.9 Å². The summed E-state index contributed by atoms with van der Waals surface area (Å²) in [6, 6.07) is 2.81. The van der Waals surface area contributed by atoms with Gasteiger partial charge in [0, 0.05) is 19.8 Å². The van der Waals surface area contributed by atoms with Gasteiger partial charge in [-0.05, 0) is 31.0 Å². The summed E-state index contributed by atoms with van der Waals surface area (Å²) in [6.07, 6.45) is -0.643. The minimum atomic E-state index is -0.643. The predicted molar refractivity (Wildman–Crippen MR) is 63.7 cm³/mol. The number of benzene rings is 1. The van der Waals surface area contributed by atoms with Gasteiger partial charge in [0.15, 0.2) is 6.29 Å². The first-order valence-corrected chi connectivity index (χ1v) is 5.33. The molecular weight excluding hydrogens is 223 g/mol. The summed E-state index contributed by atoms with van der Waals surface area (Å²) < 4.78 is 24.2. The molecule has 5 heteroatoms. The van der Waals surface area contributed by atoms with Crippen molar-refractivity contribution < 1.29 is 13.9 Å². The van der Waals surface area contributed by atoms with Gasteiger partial charge in [0.25, 0.3) is 0 Å². The van der Waals surface area contributed by atoms with Crippen molar-refractivity contribution in [1.29, 1.82) is 0 Å². The van der Waals surface area contributed by atoms with E-state index >= 15 is 0 Å². The van der Waals surface area contributed by atoms with Crippen molar-refractivity contribution in [2.24, 2.45) is 5.84 Å². The van der Waals surface area contributed by atoms with Crippen LogP contribution in [0.5, 0.6) is 0 Å². The van der Waals surface area contributed by atoms with E-state index in [2.05, 4.69) is 5.43 Å². The molecule has 0 aromatic heterocycles. The van der Waals surface area contributed by atoms with Crippen molar-refractivity contribution in [3.05, 3.63) is 34.6 Å². The van der Waals surface area contributed by atoms with E-state index in [9.17, 15) is 4.39 Å². The van der Waals surface area contributed by atoms with Gasteiger partial charge >= 0.3 is 0 Å². The third-order valence-corrected chi connectivity index (χ3v) is 2.71. The summed E-state index contributed by atoms with van der Waals surface area (Å²) in [5, 5.41) is 0. The van der Waals surface area contributed by atoms with Gasteiger partial charge in [-0.2, -0.15) is 0 Å². The maximum absolute atomic E-state index is 14.0. The van der Waals surface area contributed by atoms with E-state index in [4.69, 9.17) is 15.3 Å². The van der Waals surface area contributed by atoms with E-state index in [0.29, 0.717) is 5.56 Å². The van der Waals surface area contributed by atoms with E-state index in [-0.39, 0.29) is 5.82 Å². The van der Waals surface area contributed by atoms with Crippen molar-refractivity contribution in [3.63, 3.8) is 0 Å². The van der Waals surface area contributed by atoms with E-state index in [1.54, 1.807) is 0 Å². The predicted octanol–water partition coefficient (Wildman–Crippen LogP) is 1.57. The second kappa shape index (κ2) is 6.07. The Morgan fingerprint density at radius 3 is 2.24 bits per heavy atom. The lowest BCUT2D eigenvalue weighted by Crippen LogP contribution is -2.39. The SMILES string of the molecule is COC(OC)C(NN)c1c(C)cc(C)cc1F. The number of nitrogens with two attached hydrogens (primary N) is 1. The fourth-order valence-corrected chi connectivity index (χ4v) is 1.99. The van der Waals surface area contributed by atoms with Gasteiger partial charge in [-0.1, -0.05) is 6.07 Å². The summed E-state index contributed by atoms with van der Waals surface area (Å²) in [5.74, 6) is 5.14. The maximum Gasteiger partial charge on any atom is 0.177 e. The number of ether oxygens (including phenoxy) is 2. The summed E-state index contributed by atoms with van der Waals surface area (Å²) in [6.45, 7) is 3.67. The molecule has 0 spiro atoms. The average molecular weight is 242 g/mol. The molecule has 0 bridgehead atoms. The lowest BCUT2D eigenvalue weighted by molar-refractivity contribution is -0.124. The van der Waals surface area contributed by atoms with Crippen LogP contribution < -0.4 is 11.3 Å². The zero-order valence-electron chi connectivity index (χ0n) is 10.6. The number of hydrogen-bond acceptors (Lipinski definition) is 4. The Morgan fingerprint density at radius 2 is 1.82 bits per heavy atom. The molecule has 0 amide bonds. The number of methoxy groups -OCH3 is 2. The van der Waals surface area contributed by atoms with E-state index in [0.717, 1.165) is 11.1 Å². The van der Waals surface area contributed by atoms with Gasteiger partial charge < -0.3 is 9.47 Å². The van der Waals surface area contributed by atoms with E-state index in [1.165, 1.54) is 20.3 Å². The van der Waals surface area contributed by atoms with Crippen LogP contribution in [0.2, 0.25) is 0 Å². The number of rotatable bonds is 5. The zero-order valence-corrected chi connectivity index (χ0v) is 10.6. The topological polar surface area (TPSA) is 56.5 Å². The van der Waals surface area contributed by atoms with Crippen LogP contribution in [0.3, 0.4) is 0 Å². The molecule has 0 aliphatic heterocycles. The highest BCUT2D eigenvalue weighted by atomic mass is 19.1. The van der Waals surface area contributed by atoms with Gasteiger partial charge in [-0.3, -0.25) is 5.84 Å². The van der Waals surface area contributed by atoms with Crippen LogP contribution >= 0.6 is 0 Å². The normalized spacial score (nSPS) is 13.1. The lowest BCUT2D eigenvalue weighted by Gasteiger charge is -2.26. The van der Waals surface area contributed by atoms with Gasteiger partial charge in [0.05, 0.1) is 6.04 Å². The van der Waals surface area contributed by atoms with Crippen molar-refractivity contribution >= 4 is 0 Å². The summed E-state index contributed by atoms with van der Waals surface area (Å²) in [5.41, 5.74) is 4.67.